The molecule has 0 amide bonds. The molecular formula is C9H19F2NO. The summed E-state index contributed by atoms with van der Waals surface area (Å²) in [5.74, 6) is 0. The summed E-state index contributed by atoms with van der Waals surface area (Å²) in [6.07, 6.45) is -0.911. The highest BCUT2D eigenvalue weighted by Gasteiger charge is 2.22. The van der Waals surface area contributed by atoms with Crippen molar-refractivity contribution in [2.24, 2.45) is 0 Å². The van der Waals surface area contributed by atoms with Crippen molar-refractivity contribution in [3.63, 3.8) is 0 Å². The summed E-state index contributed by atoms with van der Waals surface area (Å²) in [7, 11) is 0. The number of hydrogen-bond donors (Lipinski definition) is 2. The molecule has 4 heteroatoms. The minimum atomic E-state index is -2.38. The molecule has 2 unspecified atom stereocenters. The quantitative estimate of drug-likeness (QED) is 0.677. The third-order valence-corrected chi connectivity index (χ3v) is 1.97. The van der Waals surface area contributed by atoms with Crippen LogP contribution in [0.1, 0.15) is 33.6 Å². The summed E-state index contributed by atoms with van der Waals surface area (Å²) in [6, 6.07) is -0.858. The number of nitrogens with one attached hydrogen (secondary N) is 1. The van der Waals surface area contributed by atoms with Gasteiger partial charge < -0.3 is 10.4 Å². The fourth-order valence-corrected chi connectivity index (χ4v) is 1.10. The van der Waals surface area contributed by atoms with Crippen LogP contribution in [0.15, 0.2) is 0 Å². The van der Waals surface area contributed by atoms with Gasteiger partial charge in [0, 0.05) is 6.54 Å². The van der Waals surface area contributed by atoms with Crippen LogP contribution in [-0.4, -0.2) is 29.7 Å². The summed E-state index contributed by atoms with van der Waals surface area (Å²) in [5.41, 5.74) is -0.877. The molecule has 80 valence electrons. The van der Waals surface area contributed by atoms with Crippen molar-refractivity contribution in [3.05, 3.63) is 0 Å². The van der Waals surface area contributed by atoms with Gasteiger partial charge in [-0.15, -0.1) is 0 Å². The Morgan fingerprint density at radius 1 is 1.46 bits per heavy atom. The molecule has 0 rings (SSSR count). The highest BCUT2D eigenvalue weighted by atomic mass is 19.3. The molecule has 0 aromatic rings. The molecular weight excluding hydrogens is 176 g/mol. The number of halogens is 2. The number of aliphatic hydroxyl groups is 1. The third kappa shape index (κ3) is 5.93. The van der Waals surface area contributed by atoms with Crippen molar-refractivity contribution >= 4 is 0 Å². The van der Waals surface area contributed by atoms with Gasteiger partial charge in [-0.05, 0) is 20.3 Å². The fourth-order valence-electron chi connectivity index (χ4n) is 1.10. The predicted octanol–water partition coefficient (Wildman–Crippen LogP) is 1.78. The van der Waals surface area contributed by atoms with E-state index < -0.39 is 18.1 Å². The maximum atomic E-state index is 12.0. The molecule has 0 saturated carbocycles. The van der Waals surface area contributed by atoms with Crippen molar-refractivity contribution in [2.75, 3.05) is 6.54 Å². The van der Waals surface area contributed by atoms with E-state index in [1.54, 1.807) is 6.92 Å². The summed E-state index contributed by atoms with van der Waals surface area (Å²) >= 11 is 0. The van der Waals surface area contributed by atoms with E-state index in [0.717, 1.165) is 6.42 Å². The van der Waals surface area contributed by atoms with Crippen LogP contribution in [0.2, 0.25) is 0 Å². The maximum Gasteiger partial charge on any atom is 0.253 e. The van der Waals surface area contributed by atoms with E-state index in [0.29, 0.717) is 6.42 Å². The second kappa shape index (κ2) is 5.50. The van der Waals surface area contributed by atoms with Crippen LogP contribution >= 0.6 is 0 Å². The molecule has 0 aliphatic carbocycles. The van der Waals surface area contributed by atoms with Gasteiger partial charge >= 0.3 is 0 Å². The first-order valence-corrected chi connectivity index (χ1v) is 4.63. The molecule has 0 fully saturated rings. The summed E-state index contributed by atoms with van der Waals surface area (Å²) in [5, 5.41) is 12.2. The zero-order chi connectivity index (χ0) is 10.5. The smallest absolute Gasteiger partial charge is 0.253 e. The maximum absolute atomic E-state index is 12.0. The second-order valence-electron chi connectivity index (χ2n) is 3.75. The zero-order valence-corrected chi connectivity index (χ0v) is 8.48. The average molecular weight is 195 g/mol. The Hall–Kier alpha value is -0.220. The Kier molecular flexibility index (Phi) is 5.40. The lowest BCUT2D eigenvalue weighted by molar-refractivity contribution is 0.0347. The van der Waals surface area contributed by atoms with E-state index in [4.69, 9.17) is 0 Å². The number of alkyl halides is 2. The normalized spacial score (nSPS) is 18.7. The Morgan fingerprint density at radius 2 is 2.00 bits per heavy atom. The topological polar surface area (TPSA) is 32.3 Å². The third-order valence-electron chi connectivity index (χ3n) is 1.97. The molecule has 0 heterocycles. The van der Waals surface area contributed by atoms with Gasteiger partial charge in [0.2, 0.25) is 0 Å². The van der Waals surface area contributed by atoms with Gasteiger partial charge in [-0.25, -0.2) is 8.78 Å². The van der Waals surface area contributed by atoms with E-state index in [1.165, 1.54) is 6.92 Å². The van der Waals surface area contributed by atoms with Crippen LogP contribution in [0.5, 0.6) is 0 Å². The molecule has 0 aliphatic rings. The Morgan fingerprint density at radius 3 is 2.38 bits per heavy atom. The van der Waals surface area contributed by atoms with Crippen molar-refractivity contribution in [1.29, 1.82) is 0 Å². The van der Waals surface area contributed by atoms with E-state index in [-0.39, 0.29) is 6.54 Å². The molecule has 0 saturated heterocycles. The molecule has 13 heavy (non-hydrogen) atoms. The van der Waals surface area contributed by atoms with Gasteiger partial charge in [-0.3, -0.25) is 0 Å². The first-order chi connectivity index (χ1) is 5.89. The monoisotopic (exact) mass is 195 g/mol. The molecule has 2 nitrogen and oxygen atoms in total. The van der Waals surface area contributed by atoms with Gasteiger partial charge in [0.25, 0.3) is 6.43 Å². The van der Waals surface area contributed by atoms with Crippen molar-refractivity contribution in [1.82, 2.24) is 5.32 Å². The van der Waals surface area contributed by atoms with Crippen LogP contribution in [0.4, 0.5) is 8.78 Å². The number of hydrogen-bond acceptors (Lipinski definition) is 2. The van der Waals surface area contributed by atoms with E-state index in [2.05, 4.69) is 5.32 Å². The summed E-state index contributed by atoms with van der Waals surface area (Å²) < 4.78 is 24.1. The average Bonchev–Trinajstić information content (AvgIpc) is 2.00. The van der Waals surface area contributed by atoms with Gasteiger partial charge in [0.15, 0.2) is 0 Å². The Balaban J connectivity index is 3.73. The van der Waals surface area contributed by atoms with Crippen LogP contribution in [0, 0.1) is 0 Å². The van der Waals surface area contributed by atoms with Crippen molar-refractivity contribution in [3.8, 4) is 0 Å². The fraction of sp³-hybridized carbons (Fsp3) is 1.00. The minimum absolute atomic E-state index is 0.215. The molecule has 0 aliphatic heterocycles. The molecule has 0 spiro atoms. The van der Waals surface area contributed by atoms with E-state index >= 15 is 0 Å². The van der Waals surface area contributed by atoms with Crippen LogP contribution in [0.25, 0.3) is 0 Å². The summed E-state index contributed by atoms with van der Waals surface area (Å²) in [4.78, 5) is 0. The lowest BCUT2D eigenvalue weighted by Gasteiger charge is -2.25. The van der Waals surface area contributed by atoms with E-state index in [1.807, 2.05) is 6.92 Å². The van der Waals surface area contributed by atoms with Crippen molar-refractivity contribution < 1.29 is 13.9 Å². The predicted molar refractivity (Wildman–Crippen MR) is 49.0 cm³/mol. The molecule has 0 aromatic heterocycles. The standard InChI is InChI=1S/C9H19F2NO/c1-4-5-9(3,13)6-12-7(2)8(10)11/h7-8,12-13H,4-6H2,1-3H3. The molecule has 2 N–H and O–H groups in total. The van der Waals surface area contributed by atoms with Crippen LogP contribution < -0.4 is 5.32 Å². The van der Waals surface area contributed by atoms with Gasteiger partial charge in [-0.1, -0.05) is 13.3 Å². The van der Waals surface area contributed by atoms with Crippen molar-refractivity contribution in [2.45, 2.75) is 51.7 Å². The molecule has 2 atom stereocenters. The molecule has 0 aromatic carbocycles. The van der Waals surface area contributed by atoms with Crippen LogP contribution in [-0.2, 0) is 0 Å². The minimum Gasteiger partial charge on any atom is -0.389 e. The summed E-state index contributed by atoms with van der Waals surface area (Å²) in [6.45, 7) is 5.23. The highest BCUT2D eigenvalue weighted by Crippen LogP contribution is 2.11. The second-order valence-corrected chi connectivity index (χ2v) is 3.75. The first-order valence-electron chi connectivity index (χ1n) is 4.63. The molecule has 0 radical (unpaired) electrons. The lowest BCUT2D eigenvalue weighted by Crippen LogP contribution is -2.43. The number of rotatable bonds is 6. The van der Waals surface area contributed by atoms with E-state index in [9.17, 15) is 13.9 Å². The highest BCUT2D eigenvalue weighted by molar-refractivity contribution is 4.77. The zero-order valence-electron chi connectivity index (χ0n) is 8.48. The van der Waals surface area contributed by atoms with Gasteiger partial charge in [-0.2, -0.15) is 0 Å². The Labute approximate surface area is 78.3 Å². The van der Waals surface area contributed by atoms with Crippen LogP contribution in [0.3, 0.4) is 0 Å². The van der Waals surface area contributed by atoms with Gasteiger partial charge in [0.05, 0.1) is 11.6 Å². The van der Waals surface area contributed by atoms with Gasteiger partial charge in [0.1, 0.15) is 0 Å². The Bertz CT molecular complexity index is 140. The SMILES string of the molecule is CCCC(C)(O)CNC(C)C(F)F. The lowest BCUT2D eigenvalue weighted by atomic mass is 10.0. The molecule has 0 bridgehead atoms. The first kappa shape index (κ1) is 12.8. The largest absolute Gasteiger partial charge is 0.389 e.